The molecule has 2 fully saturated rings. The number of hydrogen-bond donors (Lipinski definition) is 2. The van der Waals surface area contributed by atoms with E-state index in [1.54, 1.807) is 6.92 Å². The van der Waals surface area contributed by atoms with Crippen LogP contribution in [0.15, 0.2) is 35.2 Å². The minimum atomic E-state index is -3.91. The Morgan fingerprint density at radius 3 is 2.22 bits per heavy atom. The Bertz CT molecular complexity index is 1160. The molecular weight excluding hydrogens is 467 g/mol. The Morgan fingerprint density at radius 1 is 1.09 bits per heavy atom. The molecule has 0 heterocycles. The molecule has 2 saturated carbocycles. The van der Waals surface area contributed by atoms with Crippen LogP contribution in [0.2, 0.25) is 5.02 Å². The summed E-state index contributed by atoms with van der Waals surface area (Å²) in [7, 11) is -3.91. The number of hydrogen-bond acceptors (Lipinski definition) is 4. The molecule has 0 radical (unpaired) electrons. The summed E-state index contributed by atoms with van der Waals surface area (Å²) in [4.78, 5) is 12.4. The number of nitrogens with one attached hydrogen (secondary N) is 1. The largest absolute Gasteiger partial charge is 0.390 e. The van der Waals surface area contributed by atoms with Gasteiger partial charge in [0.1, 0.15) is 0 Å². The molecule has 2 aliphatic carbocycles. The molecule has 32 heavy (non-hydrogen) atoms. The smallest absolute Gasteiger partial charge is 0.255 e. The van der Waals surface area contributed by atoms with Gasteiger partial charge in [0, 0.05) is 23.4 Å². The maximum absolute atomic E-state index is 13.4. The van der Waals surface area contributed by atoms with Crippen LogP contribution in [0.25, 0.3) is 0 Å². The molecule has 172 valence electrons. The van der Waals surface area contributed by atoms with Crippen LogP contribution in [0.4, 0.5) is 18.9 Å². The highest BCUT2D eigenvalue weighted by Gasteiger charge is 2.53. The van der Waals surface area contributed by atoms with Crippen LogP contribution < -0.4 is 5.32 Å². The Hall–Kier alpha value is -2.10. The maximum atomic E-state index is 13.4. The number of fused-ring (bicyclic) bond motifs is 2. The summed E-state index contributed by atoms with van der Waals surface area (Å²) in [5.41, 5.74) is -1.31. The number of sulfone groups is 1. The van der Waals surface area contributed by atoms with E-state index < -0.39 is 44.0 Å². The number of rotatable bonds is 4. The highest BCUT2D eigenvalue weighted by Crippen LogP contribution is 2.51. The fraction of sp³-hybridized carbons (Fsp3) is 0.409. The van der Waals surface area contributed by atoms with E-state index in [1.165, 1.54) is 12.1 Å². The third kappa shape index (κ3) is 3.91. The molecule has 10 heteroatoms. The lowest BCUT2D eigenvalue weighted by molar-refractivity contribution is -0.0413. The number of aliphatic hydroxyl groups is 1. The Labute approximate surface area is 188 Å². The van der Waals surface area contributed by atoms with Crippen molar-refractivity contribution in [2.75, 3.05) is 5.32 Å². The topological polar surface area (TPSA) is 83.5 Å². The van der Waals surface area contributed by atoms with Crippen molar-refractivity contribution in [3.63, 3.8) is 0 Å². The predicted molar refractivity (Wildman–Crippen MR) is 113 cm³/mol. The summed E-state index contributed by atoms with van der Waals surface area (Å²) in [6, 6.07) is 4.91. The van der Waals surface area contributed by atoms with Gasteiger partial charge < -0.3 is 10.4 Å². The summed E-state index contributed by atoms with van der Waals surface area (Å²) in [6.07, 6.45) is 2.11. The first-order valence-electron chi connectivity index (χ1n) is 10.1. The average Bonchev–Trinajstić information content (AvgIpc) is 2.88. The van der Waals surface area contributed by atoms with Crippen molar-refractivity contribution in [1.82, 2.24) is 0 Å². The quantitative estimate of drug-likeness (QED) is 0.611. The van der Waals surface area contributed by atoms with Crippen LogP contribution in [0.3, 0.4) is 0 Å². The highest BCUT2D eigenvalue weighted by atomic mass is 35.5. The minimum absolute atomic E-state index is 0.0508. The third-order valence-corrected chi connectivity index (χ3v) is 9.45. The van der Waals surface area contributed by atoms with E-state index in [-0.39, 0.29) is 33.0 Å². The fourth-order valence-electron chi connectivity index (χ4n) is 4.89. The summed E-state index contributed by atoms with van der Waals surface area (Å²) in [6.45, 7) is 1.75. The van der Waals surface area contributed by atoms with Crippen molar-refractivity contribution in [3.05, 3.63) is 58.4 Å². The van der Waals surface area contributed by atoms with Crippen LogP contribution in [0.5, 0.6) is 0 Å². The number of anilines is 1. The Kier molecular flexibility index (Phi) is 5.80. The number of carbonyl (C=O) groups is 1. The molecule has 2 unspecified atom stereocenters. The first-order chi connectivity index (χ1) is 14.9. The lowest BCUT2D eigenvalue weighted by Gasteiger charge is -2.40. The second-order valence-corrected chi connectivity index (χ2v) is 11.3. The zero-order valence-corrected chi connectivity index (χ0v) is 18.6. The predicted octanol–water partition coefficient (Wildman–Crippen LogP) is 4.72. The van der Waals surface area contributed by atoms with Gasteiger partial charge >= 0.3 is 0 Å². The lowest BCUT2D eigenvalue weighted by Crippen LogP contribution is -2.45. The maximum Gasteiger partial charge on any atom is 0.255 e. The summed E-state index contributed by atoms with van der Waals surface area (Å²) < 4.78 is 66.7. The van der Waals surface area contributed by atoms with E-state index in [4.69, 9.17) is 11.6 Å². The third-order valence-electron chi connectivity index (χ3n) is 6.79. The molecule has 5 nitrogen and oxygen atoms in total. The van der Waals surface area contributed by atoms with Gasteiger partial charge in [-0.3, -0.25) is 4.79 Å². The van der Waals surface area contributed by atoms with Crippen molar-refractivity contribution < 1.29 is 31.5 Å². The standard InChI is InChI=1S/C22H21ClF3NO4S/c1-22(29)12-3-4-13(22)8-15(7-12)32(30,31)19-6-11(2-5-16(19)23)21(28)27-14-9-17(24)20(26)18(25)10-14/h2,5-6,9-10,12-13,15,29H,3-4,7-8H2,1H3,(H,27,28). The fourth-order valence-corrected chi connectivity index (χ4v) is 7.29. The molecule has 0 aliphatic heterocycles. The molecule has 4 rings (SSSR count). The molecule has 1 amide bonds. The molecule has 2 aliphatic rings. The van der Waals surface area contributed by atoms with E-state index >= 15 is 0 Å². The molecule has 2 aromatic rings. The van der Waals surface area contributed by atoms with Crippen LogP contribution in [-0.2, 0) is 9.84 Å². The zero-order valence-electron chi connectivity index (χ0n) is 17.0. The first-order valence-corrected chi connectivity index (χ1v) is 12.1. The van der Waals surface area contributed by atoms with Crippen LogP contribution in [-0.4, -0.2) is 30.3 Å². The molecule has 0 spiro atoms. The molecule has 0 aromatic heterocycles. The summed E-state index contributed by atoms with van der Waals surface area (Å²) >= 11 is 6.17. The van der Waals surface area contributed by atoms with E-state index in [9.17, 15) is 31.5 Å². The van der Waals surface area contributed by atoms with Gasteiger partial charge in [-0.1, -0.05) is 11.6 Å². The molecule has 2 aromatic carbocycles. The van der Waals surface area contributed by atoms with Gasteiger partial charge in [-0.05, 0) is 62.6 Å². The van der Waals surface area contributed by atoms with Gasteiger partial charge in [-0.25, -0.2) is 21.6 Å². The van der Waals surface area contributed by atoms with Crippen molar-refractivity contribution in [2.45, 2.75) is 48.4 Å². The SMILES string of the molecule is CC1(O)C2CCC1CC(S(=O)(=O)c1cc(C(=O)Nc3cc(F)c(F)c(F)c3)ccc1Cl)C2. The van der Waals surface area contributed by atoms with Gasteiger partial charge in [0.2, 0.25) is 0 Å². The van der Waals surface area contributed by atoms with Crippen LogP contribution in [0, 0.1) is 29.3 Å². The zero-order chi connectivity index (χ0) is 23.4. The number of amides is 1. The van der Waals surface area contributed by atoms with E-state index in [0.717, 1.165) is 18.9 Å². The molecule has 0 saturated heterocycles. The van der Waals surface area contributed by atoms with E-state index in [2.05, 4.69) is 5.32 Å². The Morgan fingerprint density at radius 2 is 1.66 bits per heavy atom. The van der Waals surface area contributed by atoms with Gasteiger partial charge in [-0.2, -0.15) is 0 Å². The molecule has 2 bridgehead atoms. The summed E-state index contributed by atoms with van der Waals surface area (Å²) in [5, 5.41) is 12.1. The van der Waals surface area contributed by atoms with E-state index in [0.29, 0.717) is 25.0 Å². The molecule has 2 atom stereocenters. The van der Waals surface area contributed by atoms with Gasteiger partial charge in [0.25, 0.3) is 5.91 Å². The number of carbonyl (C=O) groups excluding carboxylic acids is 1. The second kappa shape index (κ2) is 8.04. The van der Waals surface area contributed by atoms with Gasteiger partial charge in [-0.15, -0.1) is 0 Å². The number of halogens is 4. The van der Waals surface area contributed by atoms with Crippen molar-refractivity contribution in [3.8, 4) is 0 Å². The number of benzene rings is 2. The molecule has 2 N–H and O–H groups in total. The van der Waals surface area contributed by atoms with Gasteiger partial charge in [0.05, 0.1) is 20.8 Å². The van der Waals surface area contributed by atoms with E-state index in [1.807, 2.05) is 0 Å². The summed E-state index contributed by atoms with van der Waals surface area (Å²) in [5.74, 6) is -5.70. The average molecular weight is 488 g/mol. The second-order valence-electron chi connectivity index (χ2n) is 8.69. The monoisotopic (exact) mass is 487 g/mol. The van der Waals surface area contributed by atoms with Crippen molar-refractivity contribution in [2.24, 2.45) is 11.8 Å². The highest BCUT2D eigenvalue weighted by molar-refractivity contribution is 7.92. The first kappa shape index (κ1) is 23.1. The van der Waals surface area contributed by atoms with Gasteiger partial charge in [0.15, 0.2) is 27.3 Å². The molecular formula is C22H21ClF3NO4S. The van der Waals surface area contributed by atoms with Crippen molar-refractivity contribution in [1.29, 1.82) is 0 Å². The lowest BCUT2D eigenvalue weighted by atomic mass is 9.76. The van der Waals surface area contributed by atoms with Crippen LogP contribution in [0.1, 0.15) is 43.0 Å². The normalized spacial score (nSPS) is 27.4. The Balaban J connectivity index is 1.61. The van der Waals surface area contributed by atoms with Crippen molar-refractivity contribution >= 4 is 33.0 Å². The minimum Gasteiger partial charge on any atom is -0.390 e. The van der Waals surface area contributed by atoms with Crippen LogP contribution >= 0.6 is 11.6 Å².